The van der Waals surface area contributed by atoms with Gasteiger partial charge in [-0.1, -0.05) is 20.3 Å². The predicted molar refractivity (Wildman–Crippen MR) is 78.7 cm³/mol. The van der Waals surface area contributed by atoms with E-state index in [9.17, 15) is 4.79 Å². The Bertz CT molecular complexity index is 313. The quantitative estimate of drug-likeness (QED) is 0.850. The number of hydrogen-bond donors (Lipinski definition) is 1. The van der Waals surface area contributed by atoms with Crippen LogP contribution in [0.3, 0.4) is 0 Å². The second-order valence-corrected chi connectivity index (χ2v) is 7.22. The zero-order valence-corrected chi connectivity index (χ0v) is 12.8. The van der Waals surface area contributed by atoms with Gasteiger partial charge in [0.15, 0.2) is 0 Å². The Morgan fingerprint density at radius 2 is 1.84 bits per heavy atom. The first-order chi connectivity index (χ1) is 8.94. The molecule has 0 bridgehead atoms. The van der Waals surface area contributed by atoms with E-state index in [1.807, 2.05) is 0 Å². The van der Waals surface area contributed by atoms with Crippen molar-refractivity contribution in [2.24, 2.45) is 23.0 Å². The van der Waals surface area contributed by atoms with Gasteiger partial charge in [0.25, 0.3) is 0 Å². The van der Waals surface area contributed by atoms with E-state index >= 15 is 0 Å². The van der Waals surface area contributed by atoms with Crippen LogP contribution in [0, 0.1) is 17.3 Å². The van der Waals surface area contributed by atoms with Crippen LogP contribution in [-0.2, 0) is 4.79 Å². The van der Waals surface area contributed by atoms with Crippen LogP contribution in [0.2, 0.25) is 0 Å². The lowest BCUT2D eigenvalue weighted by Gasteiger charge is -2.46. The second-order valence-electron chi connectivity index (χ2n) is 7.22. The molecule has 110 valence electrons. The number of carbonyl (C=O) groups excluding carboxylic acids is 1. The molecule has 0 aromatic rings. The first-order valence-corrected chi connectivity index (χ1v) is 7.99. The molecule has 1 saturated heterocycles. The van der Waals surface area contributed by atoms with Crippen LogP contribution in [0.4, 0.5) is 0 Å². The molecule has 2 aliphatic rings. The monoisotopic (exact) mass is 266 g/mol. The number of likely N-dealkylation sites (tertiary alicyclic amines) is 1. The molecule has 1 heterocycles. The number of amides is 1. The summed E-state index contributed by atoms with van der Waals surface area (Å²) in [4.78, 5) is 14.9. The van der Waals surface area contributed by atoms with Crippen molar-refractivity contribution in [1.82, 2.24) is 4.90 Å². The third-order valence-corrected chi connectivity index (χ3v) is 5.13. The van der Waals surface area contributed by atoms with Gasteiger partial charge >= 0.3 is 0 Å². The van der Waals surface area contributed by atoms with Crippen LogP contribution in [0.1, 0.15) is 59.3 Å². The summed E-state index contributed by atoms with van der Waals surface area (Å²) in [6.07, 6.45) is 6.69. The van der Waals surface area contributed by atoms with E-state index in [0.29, 0.717) is 17.7 Å². The van der Waals surface area contributed by atoms with Crippen LogP contribution in [-0.4, -0.2) is 29.9 Å². The molecule has 1 atom stereocenters. The van der Waals surface area contributed by atoms with Gasteiger partial charge in [0.2, 0.25) is 5.91 Å². The van der Waals surface area contributed by atoms with Crippen molar-refractivity contribution < 1.29 is 4.79 Å². The molecule has 3 heteroatoms. The third-order valence-electron chi connectivity index (χ3n) is 5.13. The summed E-state index contributed by atoms with van der Waals surface area (Å²) in [5.41, 5.74) is 5.97. The largest absolute Gasteiger partial charge is 0.342 e. The fourth-order valence-electron chi connectivity index (χ4n) is 3.85. The van der Waals surface area contributed by atoms with Crippen LogP contribution in [0.15, 0.2) is 0 Å². The SMILES string of the molecule is CC(C)CC1(C(=O)N2CCC(C(C)N)CC2)CCC1. The van der Waals surface area contributed by atoms with E-state index in [1.54, 1.807) is 0 Å². The van der Waals surface area contributed by atoms with E-state index in [1.165, 1.54) is 6.42 Å². The van der Waals surface area contributed by atoms with E-state index < -0.39 is 0 Å². The van der Waals surface area contributed by atoms with Crippen LogP contribution in [0.25, 0.3) is 0 Å². The minimum atomic E-state index is -0.00463. The fourth-order valence-corrected chi connectivity index (χ4v) is 3.85. The molecule has 0 spiro atoms. The lowest BCUT2D eigenvalue weighted by Crippen LogP contribution is -2.51. The summed E-state index contributed by atoms with van der Waals surface area (Å²) >= 11 is 0. The topological polar surface area (TPSA) is 46.3 Å². The van der Waals surface area contributed by atoms with Gasteiger partial charge < -0.3 is 10.6 Å². The number of hydrogen-bond acceptors (Lipinski definition) is 2. The van der Waals surface area contributed by atoms with Crippen LogP contribution < -0.4 is 5.73 Å². The molecule has 0 aromatic heterocycles. The molecule has 2 rings (SSSR count). The first kappa shape index (κ1) is 14.8. The second kappa shape index (κ2) is 5.82. The molecule has 1 saturated carbocycles. The van der Waals surface area contributed by atoms with Gasteiger partial charge in [0.05, 0.1) is 0 Å². The summed E-state index contributed by atoms with van der Waals surface area (Å²) in [5.74, 6) is 1.66. The number of carbonyl (C=O) groups is 1. The molecule has 0 aromatic carbocycles. The Morgan fingerprint density at radius 3 is 2.21 bits per heavy atom. The summed E-state index contributed by atoms with van der Waals surface area (Å²) in [6, 6.07) is 0.269. The maximum atomic E-state index is 12.8. The molecule has 1 amide bonds. The minimum absolute atomic E-state index is 0.00463. The maximum Gasteiger partial charge on any atom is 0.228 e. The van der Waals surface area contributed by atoms with Crippen LogP contribution >= 0.6 is 0 Å². The molecule has 1 unspecified atom stereocenters. The van der Waals surface area contributed by atoms with Crippen molar-refractivity contribution >= 4 is 5.91 Å². The molecule has 1 aliphatic heterocycles. The zero-order chi connectivity index (χ0) is 14.0. The van der Waals surface area contributed by atoms with Crippen molar-refractivity contribution in [2.45, 2.75) is 65.3 Å². The van der Waals surface area contributed by atoms with Gasteiger partial charge in [0.1, 0.15) is 0 Å². The molecule has 19 heavy (non-hydrogen) atoms. The van der Waals surface area contributed by atoms with E-state index in [2.05, 4.69) is 25.7 Å². The highest BCUT2D eigenvalue weighted by molar-refractivity contribution is 5.83. The first-order valence-electron chi connectivity index (χ1n) is 7.99. The van der Waals surface area contributed by atoms with Crippen molar-refractivity contribution in [3.05, 3.63) is 0 Å². The van der Waals surface area contributed by atoms with E-state index in [4.69, 9.17) is 5.73 Å². The Morgan fingerprint density at radius 1 is 1.26 bits per heavy atom. The lowest BCUT2D eigenvalue weighted by molar-refractivity contribution is -0.150. The Hall–Kier alpha value is -0.570. The molecule has 3 nitrogen and oxygen atoms in total. The number of piperidine rings is 1. The van der Waals surface area contributed by atoms with Gasteiger partial charge in [-0.05, 0) is 50.9 Å². The van der Waals surface area contributed by atoms with Gasteiger partial charge in [-0.25, -0.2) is 0 Å². The average molecular weight is 266 g/mol. The molecule has 1 aliphatic carbocycles. The van der Waals surface area contributed by atoms with Crippen molar-refractivity contribution in [2.75, 3.05) is 13.1 Å². The van der Waals surface area contributed by atoms with Gasteiger partial charge in [-0.2, -0.15) is 0 Å². The standard InChI is InChI=1S/C16H30N2O/c1-12(2)11-16(7-4-8-16)15(19)18-9-5-14(6-10-18)13(3)17/h12-14H,4-11,17H2,1-3H3. The molecule has 0 radical (unpaired) electrons. The summed E-state index contributed by atoms with van der Waals surface area (Å²) in [6.45, 7) is 8.40. The summed E-state index contributed by atoms with van der Waals surface area (Å²) in [7, 11) is 0. The molecule has 2 fully saturated rings. The minimum Gasteiger partial charge on any atom is -0.342 e. The maximum absolute atomic E-state index is 12.8. The molecule has 2 N–H and O–H groups in total. The highest BCUT2D eigenvalue weighted by Gasteiger charge is 2.46. The number of rotatable bonds is 4. The smallest absolute Gasteiger partial charge is 0.228 e. The van der Waals surface area contributed by atoms with Gasteiger partial charge in [-0.3, -0.25) is 4.79 Å². The number of nitrogens with two attached hydrogens (primary N) is 1. The predicted octanol–water partition coefficient (Wildman–Crippen LogP) is 2.79. The lowest BCUT2D eigenvalue weighted by atomic mass is 9.63. The highest BCUT2D eigenvalue weighted by Crippen LogP contribution is 2.47. The van der Waals surface area contributed by atoms with E-state index in [-0.39, 0.29) is 11.5 Å². The molecular formula is C16H30N2O. The summed E-state index contributed by atoms with van der Waals surface area (Å²) < 4.78 is 0. The third kappa shape index (κ3) is 3.13. The zero-order valence-electron chi connectivity index (χ0n) is 12.8. The van der Waals surface area contributed by atoms with Crippen LogP contribution in [0.5, 0.6) is 0 Å². The average Bonchev–Trinajstić information content (AvgIpc) is 2.33. The van der Waals surface area contributed by atoms with Crippen molar-refractivity contribution in [3.8, 4) is 0 Å². The van der Waals surface area contributed by atoms with Crippen molar-refractivity contribution in [1.29, 1.82) is 0 Å². The fraction of sp³-hybridized carbons (Fsp3) is 0.938. The Balaban J connectivity index is 1.93. The highest BCUT2D eigenvalue weighted by atomic mass is 16.2. The van der Waals surface area contributed by atoms with Crippen molar-refractivity contribution in [3.63, 3.8) is 0 Å². The normalized spacial score (nSPS) is 25.2. The van der Waals surface area contributed by atoms with Gasteiger partial charge in [0, 0.05) is 24.5 Å². The van der Waals surface area contributed by atoms with Gasteiger partial charge in [-0.15, -0.1) is 0 Å². The number of nitrogens with zero attached hydrogens (tertiary/aromatic N) is 1. The Kier molecular flexibility index (Phi) is 4.54. The summed E-state index contributed by atoms with van der Waals surface area (Å²) in [5, 5.41) is 0. The molecular weight excluding hydrogens is 236 g/mol. The Labute approximate surface area is 117 Å². The van der Waals surface area contributed by atoms with E-state index in [0.717, 1.165) is 45.2 Å².